The zero-order valence-electron chi connectivity index (χ0n) is 11.4. The number of phenols is 1. The highest BCUT2D eigenvalue weighted by Crippen LogP contribution is 2.19. The number of carboxylic acid groups (broad SMARTS) is 1. The standard InChI is InChI=1S/C14H19NO4/c1-4-14(5-2,13(18)19)15-12(17)11-7-6-10(16)8-9(11)3/h6-8,16H,4-5H2,1-3H3,(H,15,17)(H,18,19). The number of carbonyl (C=O) groups excluding carboxylic acids is 1. The van der Waals surface area contributed by atoms with Crippen LogP contribution in [0.4, 0.5) is 0 Å². The largest absolute Gasteiger partial charge is 0.508 e. The molecule has 0 aromatic heterocycles. The molecular formula is C14H19NO4. The molecule has 0 spiro atoms. The second kappa shape index (κ2) is 5.73. The molecule has 1 amide bonds. The fourth-order valence-electron chi connectivity index (χ4n) is 1.97. The fourth-order valence-corrected chi connectivity index (χ4v) is 1.97. The van der Waals surface area contributed by atoms with Gasteiger partial charge in [-0.25, -0.2) is 4.79 Å². The summed E-state index contributed by atoms with van der Waals surface area (Å²) in [6, 6.07) is 4.36. The second-order valence-electron chi connectivity index (χ2n) is 4.55. The molecule has 104 valence electrons. The molecule has 1 aromatic rings. The molecule has 19 heavy (non-hydrogen) atoms. The molecule has 0 aliphatic heterocycles. The van der Waals surface area contributed by atoms with Crippen molar-refractivity contribution >= 4 is 11.9 Å². The summed E-state index contributed by atoms with van der Waals surface area (Å²) in [6.45, 7) is 5.14. The van der Waals surface area contributed by atoms with Crippen molar-refractivity contribution < 1.29 is 19.8 Å². The molecule has 0 aliphatic rings. The van der Waals surface area contributed by atoms with Gasteiger partial charge in [-0.2, -0.15) is 0 Å². The van der Waals surface area contributed by atoms with Crippen LogP contribution in [0.2, 0.25) is 0 Å². The third kappa shape index (κ3) is 3.05. The predicted molar refractivity (Wildman–Crippen MR) is 71.3 cm³/mol. The number of nitrogens with one attached hydrogen (secondary N) is 1. The maximum absolute atomic E-state index is 12.2. The van der Waals surface area contributed by atoms with E-state index in [1.807, 2.05) is 0 Å². The predicted octanol–water partition coefficient (Wildman–Crippen LogP) is 2.07. The Balaban J connectivity index is 3.04. The molecule has 0 fully saturated rings. The fraction of sp³-hybridized carbons (Fsp3) is 0.429. The summed E-state index contributed by atoms with van der Waals surface area (Å²) in [5, 5.41) is 21.2. The Kier molecular flexibility index (Phi) is 4.53. The van der Waals surface area contributed by atoms with Crippen LogP contribution in [0.25, 0.3) is 0 Å². The minimum atomic E-state index is -1.25. The average Bonchev–Trinajstić information content (AvgIpc) is 2.35. The lowest BCUT2D eigenvalue weighted by Gasteiger charge is -2.28. The van der Waals surface area contributed by atoms with E-state index in [-0.39, 0.29) is 5.75 Å². The number of aliphatic carboxylic acids is 1. The highest BCUT2D eigenvalue weighted by Gasteiger charge is 2.36. The molecule has 0 saturated carbocycles. The lowest BCUT2D eigenvalue weighted by molar-refractivity contribution is -0.144. The minimum Gasteiger partial charge on any atom is -0.508 e. The zero-order valence-corrected chi connectivity index (χ0v) is 11.4. The molecule has 5 nitrogen and oxygen atoms in total. The van der Waals surface area contributed by atoms with E-state index < -0.39 is 17.4 Å². The summed E-state index contributed by atoms with van der Waals surface area (Å²) in [7, 11) is 0. The molecule has 3 N–H and O–H groups in total. The normalized spacial score (nSPS) is 11.1. The molecule has 0 radical (unpaired) electrons. The first kappa shape index (κ1) is 15.0. The van der Waals surface area contributed by atoms with Gasteiger partial charge in [-0.05, 0) is 43.5 Å². The number of benzene rings is 1. The van der Waals surface area contributed by atoms with Gasteiger partial charge in [-0.3, -0.25) is 4.79 Å². The maximum atomic E-state index is 12.2. The number of amides is 1. The molecule has 0 atom stereocenters. The third-order valence-corrected chi connectivity index (χ3v) is 3.42. The van der Waals surface area contributed by atoms with Gasteiger partial charge in [0.2, 0.25) is 0 Å². The van der Waals surface area contributed by atoms with Gasteiger partial charge in [0.05, 0.1) is 0 Å². The maximum Gasteiger partial charge on any atom is 0.329 e. The van der Waals surface area contributed by atoms with Crippen molar-refractivity contribution in [1.29, 1.82) is 0 Å². The number of aryl methyl sites for hydroxylation is 1. The first-order valence-electron chi connectivity index (χ1n) is 6.21. The summed E-state index contributed by atoms with van der Waals surface area (Å²) in [5.74, 6) is -1.41. The highest BCUT2D eigenvalue weighted by molar-refractivity contribution is 5.99. The van der Waals surface area contributed by atoms with E-state index in [0.29, 0.717) is 24.0 Å². The Bertz CT molecular complexity index is 492. The van der Waals surface area contributed by atoms with Crippen molar-refractivity contribution in [3.05, 3.63) is 29.3 Å². The van der Waals surface area contributed by atoms with Gasteiger partial charge in [0.25, 0.3) is 5.91 Å². The van der Waals surface area contributed by atoms with E-state index in [2.05, 4.69) is 5.32 Å². The molecule has 0 aliphatic carbocycles. The zero-order chi connectivity index (χ0) is 14.6. The van der Waals surface area contributed by atoms with E-state index in [1.165, 1.54) is 18.2 Å². The van der Waals surface area contributed by atoms with Gasteiger partial charge in [0.1, 0.15) is 11.3 Å². The minimum absolute atomic E-state index is 0.0736. The van der Waals surface area contributed by atoms with Crippen LogP contribution in [0.1, 0.15) is 42.6 Å². The number of carbonyl (C=O) groups is 2. The lowest BCUT2D eigenvalue weighted by Crippen LogP contribution is -2.53. The Morgan fingerprint density at radius 3 is 2.26 bits per heavy atom. The van der Waals surface area contributed by atoms with Crippen molar-refractivity contribution in [3.8, 4) is 5.75 Å². The van der Waals surface area contributed by atoms with Gasteiger partial charge in [0.15, 0.2) is 0 Å². The lowest BCUT2D eigenvalue weighted by atomic mass is 9.92. The number of carboxylic acids is 1. The number of hydrogen-bond donors (Lipinski definition) is 3. The van der Waals surface area contributed by atoms with Crippen LogP contribution in [0.5, 0.6) is 5.75 Å². The van der Waals surface area contributed by atoms with E-state index in [0.717, 1.165) is 0 Å². The molecule has 0 unspecified atom stereocenters. The van der Waals surface area contributed by atoms with E-state index in [4.69, 9.17) is 0 Å². The van der Waals surface area contributed by atoms with Crippen molar-refractivity contribution in [2.45, 2.75) is 39.2 Å². The van der Waals surface area contributed by atoms with Gasteiger partial charge >= 0.3 is 5.97 Å². The monoisotopic (exact) mass is 265 g/mol. The van der Waals surface area contributed by atoms with Crippen molar-refractivity contribution in [2.75, 3.05) is 0 Å². The quantitative estimate of drug-likeness (QED) is 0.760. The number of aromatic hydroxyl groups is 1. The summed E-state index contributed by atoms with van der Waals surface area (Å²) in [4.78, 5) is 23.5. The Morgan fingerprint density at radius 1 is 1.26 bits per heavy atom. The van der Waals surface area contributed by atoms with Crippen LogP contribution >= 0.6 is 0 Å². The Morgan fingerprint density at radius 2 is 1.84 bits per heavy atom. The van der Waals surface area contributed by atoms with Crippen LogP contribution in [-0.4, -0.2) is 27.6 Å². The summed E-state index contributed by atoms with van der Waals surface area (Å²) in [6.07, 6.45) is 0.614. The third-order valence-electron chi connectivity index (χ3n) is 3.42. The van der Waals surface area contributed by atoms with Crippen LogP contribution < -0.4 is 5.32 Å². The first-order valence-corrected chi connectivity index (χ1v) is 6.21. The second-order valence-corrected chi connectivity index (χ2v) is 4.55. The molecule has 1 aromatic carbocycles. The summed E-state index contributed by atoms with van der Waals surface area (Å²) in [5.41, 5.74) is -0.282. The number of rotatable bonds is 5. The van der Waals surface area contributed by atoms with Gasteiger partial charge in [0, 0.05) is 5.56 Å². The first-order chi connectivity index (χ1) is 8.86. The van der Waals surface area contributed by atoms with Crippen LogP contribution in [0.15, 0.2) is 18.2 Å². The molecular weight excluding hydrogens is 246 g/mol. The Hall–Kier alpha value is -2.04. The Labute approximate surface area is 112 Å². The van der Waals surface area contributed by atoms with Gasteiger partial charge in [-0.15, -0.1) is 0 Å². The van der Waals surface area contributed by atoms with E-state index in [1.54, 1.807) is 20.8 Å². The summed E-state index contributed by atoms with van der Waals surface area (Å²) >= 11 is 0. The molecule has 0 heterocycles. The number of phenolic OH excluding ortho intramolecular Hbond substituents is 1. The van der Waals surface area contributed by atoms with Gasteiger partial charge < -0.3 is 15.5 Å². The van der Waals surface area contributed by atoms with Crippen LogP contribution in [0.3, 0.4) is 0 Å². The SMILES string of the molecule is CCC(CC)(NC(=O)c1ccc(O)cc1C)C(=O)O. The van der Waals surface area contributed by atoms with E-state index in [9.17, 15) is 19.8 Å². The molecule has 0 saturated heterocycles. The van der Waals surface area contributed by atoms with Crippen molar-refractivity contribution in [3.63, 3.8) is 0 Å². The van der Waals surface area contributed by atoms with Crippen molar-refractivity contribution in [1.82, 2.24) is 5.32 Å². The van der Waals surface area contributed by atoms with Crippen molar-refractivity contribution in [2.24, 2.45) is 0 Å². The van der Waals surface area contributed by atoms with E-state index >= 15 is 0 Å². The van der Waals surface area contributed by atoms with Crippen LogP contribution in [-0.2, 0) is 4.79 Å². The van der Waals surface area contributed by atoms with Gasteiger partial charge in [-0.1, -0.05) is 13.8 Å². The topological polar surface area (TPSA) is 86.6 Å². The average molecular weight is 265 g/mol. The number of hydrogen-bond acceptors (Lipinski definition) is 3. The molecule has 1 rings (SSSR count). The molecule has 5 heteroatoms. The molecule has 0 bridgehead atoms. The smallest absolute Gasteiger partial charge is 0.329 e. The highest BCUT2D eigenvalue weighted by atomic mass is 16.4. The summed E-state index contributed by atoms with van der Waals surface area (Å²) < 4.78 is 0. The van der Waals surface area contributed by atoms with Crippen LogP contribution in [0, 0.1) is 6.92 Å².